The monoisotopic (exact) mass is 588 g/mol. The zero-order chi connectivity index (χ0) is 26.8. The number of ketones is 1. The van der Waals surface area contributed by atoms with Crippen LogP contribution in [0, 0.1) is 0 Å². The van der Waals surface area contributed by atoms with Crippen molar-refractivity contribution in [3.63, 3.8) is 0 Å². The molecule has 2 aromatic rings. The first-order valence-electron chi connectivity index (χ1n) is 12.4. The molecular weight excluding hydrogens is 560 g/mol. The van der Waals surface area contributed by atoms with Crippen LogP contribution >= 0.6 is 15.9 Å². The summed E-state index contributed by atoms with van der Waals surface area (Å²) in [6.07, 6.45) is 0.629. The normalized spacial score (nSPS) is 21.1. The summed E-state index contributed by atoms with van der Waals surface area (Å²) in [5.74, 6) is -0.731. The van der Waals surface area contributed by atoms with E-state index in [0.29, 0.717) is 66.5 Å². The van der Waals surface area contributed by atoms with Crippen LogP contribution in [0.3, 0.4) is 0 Å². The Morgan fingerprint density at radius 1 is 1.05 bits per heavy atom. The van der Waals surface area contributed by atoms with Gasteiger partial charge in [0, 0.05) is 31.7 Å². The van der Waals surface area contributed by atoms with Crippen molar-refractivity contribution in [2.24, 2.45) is 0 Å². The Balaban J connectivity index is 1.54. The topological polar surface area (TPSA) is 118 Å². The van der Waals surface area contributed by atoms with Crippen LogP contribution in [0.15, 0.2) is 40.4 Å². The summed E-state index contributed by atoms with van der Waals surface area (Å²) in [6, 6.07) is 7.19. The summed E-state index contributed by atoms with van der Waals surface area (Å²) >= 11 is 3.34. The minimum Gasteiger partial charge on any atom is -0.507 e. The fraction of sp³-hybridized carbons (Fsp3) is 0.407. The van der Waals surface area contributed by atoms with E-state index in [1.807, 2.05) is 0 Å². The number of phenols is 1. The second kappa shape index (κ2) is 11.2. The van der Waals surface area contributed by atoms with Gasteiger partial charge in [0.05, 0.1) is 36.4 Å². The standard InChI is InChI=1S/C27H29BrN2O8/c1-35-21-15-17(13-18(28)25(21)32)23-22(24(31)16-3-4-19-20(14-16)38-12-11-37-19)26(33)27(34)30(23)6-2-5-29-7-9-36-10-8-29/h3-4,13-15,23,31-32H,2,5-12H2,1H3/t23-/m1/s1. The molecule has 11 heteroatoms. The summed E-state index contributed by atoms with van der Waals surface area (Å²) in [5.41, 5.74) is 0.796. The number of halogens is 1. The highest BCUT2D eigenvalue weighted by atomic mass is 79.9. The average Bonchev–Trinajstić information content (AvgIpc) is 3.19. The Hall–Kier alpha value is -3.28. The number of hydrogen-bond donors (Lipinski definition) is 2. The molecule has 0 spiro atoms. The number of likely N-dealkylation sites (tertiary alicyclic amines) is 1. The number of aromatic hydroxyl groups is 1. The van der Waals surface area contributed by atoms with Crippen LogP contribution in [0.5, 0.6) is 23.0 Å². The molecule has 3 heterocycles. The van der Waals surface area contributed by atoms with Gasteiger partial charge >= 0.3 is 0 Å². The van der Waals surface area contributed by atoms with Crippen molar-refractivity contribution in [2.45, 2.75) is 12.5 Å². The maximum atomic E-state index is 13.4. The predicted octanol–water partition coefficient (Wildman–Crippen LogP) is 3.08. The number of nitrogens with zero attached hydrogens (tertiary/aromatic N) is 2. The molecule has 1 atom stereocenters. The Morgan fingerprint density at radius 2 is 1.79 bits per heavy atom. The first-order chi connectivity index (χ1) is 18.4. The third-order valence-electron chi connectivity index (χ3n) is 6.92. The highest BCUT2D eigenvalue weighted by Crippen LogP contribution is 2.45. The first-order valence-corrected chi connectivity index (χ1v) is 13.2. The summed E-state index contributed by atoms with van der Waals surface area (Å²) in [5, 5.41) is 21.8. The molecule has 0 aliphatic carbocycles. The highest BCUT2D eigenvalue weighted by Gasteiger charge is 2.46. The quantitative estimate of drug-likeness (QED) is 0.286. The minimum absolute atomic E-state index is 0.0438. The number of rotatable bonds is 7. The molecule has 2 aromatic carbocycles. The summed E-state index contributed by atoms with van der Waals surface area (Å²) < 4.78 is 22.3. The fourth-order valence-corrected chi connectivity index (χ4v) is 5.46. The molecule has 0 unspecified atom stereocenters. The van der Waals surface area contributed by atoms with Crippen molar-refractivity contribution in [1.29, 1.82) is 0 Å². The highest BCUT2D eigenvalue weighted by molar-refractivity contribution is 9.10. The van der Waals surface area contributed by atoms with E-state index in [4.69, 9.17) is 18.9 Å². The number of amides is 1. The predicted molar refractivity (Wildman–Crippen MR) is 141 cm³/mol. The zero-order valence-electron chi connectivity index (χ0n) is 20.9. The Bertz CT molecular complexity index is 1270. The average molecular weight is 589 g/mol. The van der Waals surface area contributed by atoms with Gasteiger partial charge in [-0.1, -0.05) is 0 Å². The molecule has 0 aromatic heterocycles. The van der Waals surface area contributed by atoms with Gasteiger partial charge in [-0.2, -0.15) is 0 Å². The molecule has 202 valence electrons. The van der Waals surface area contributed by atoms with Crippen molar-refractivity contribution in [3.8, 4) is 23.0 Å². The lowest BCUT2D eigenvalue weighted by atomic mass is 9.94. The molecular formula is C27H29BrN2O8. The van der Waals surface area contributed by atoms with E-state index in [-0.39, 0.29) is 22.8 Å². The van der Waals surface area contributed by atoms with Gasteiger partial charge in [0.15, 0.2) is 23.0 Å². The number of hydrogen-bond acceptors (Lipinski definition) is 9. The van der Waals surface area contributed by atoms with Gasteiger partial charge in [0.1, 0.15) is 19.0 Å². The van der Waals surface area contributed by atoms with Crippen molar-refractivity contribution in [1.82, 2.24) is 9.80 Å². The van der Waals surface area contributed by atoms with Crippen molar-refractivity contribution in [2.75, 3.05) is 59.7 Å². The summed E-state index contributed by atoms with van der Waals surface area (Å²) in [6.45, 7) is 4.79. The smallest absolute Gasteiger partial charge is 0.295 e. The number of morpholine rings is 1. The number of benzene rings is 2. The van der Waals surface area contributed by atoms with E-state index in [9.17, 15) is 19.8 Å². The van der Waals surface area contributed by atoms with Gasteiger partial charge in [-0.15, -0.1) is 0 Å². The second-order valence-corrected chi connectivity index (χ2v) is 10.1. The van der Waals surface area contributed by atoms with E-state index >= 15 is 0 Å². The van der Waals surface area contributed by atoms with Crippen LogP contribution < -0.4 is 14.2 Å². The number of carbonyl (C=O) groups is 2. The van der Waals surface area contributed by atoms with Gasteiger partial charge in [-0.3, -0.25) is 14.5 Å². The molecule has 1 amide bonds. The van der Waals surface area contributed by atoms with Crippen molar-refractivity contribution < 1.29 is 38.7 Å². The molecule has 2 fully saturated rings. The van der Waals surface area contributed by atoms with E-state index in [1.165, 1.54) is 12.0 Å². The van der Waals surface area contributed by atoms with Crippen LogP contribution in [0.1, 0.15) is 23.6 Å². The molecule has 5 rings (SSSR count). The number of fused-ring (bicyclic) bond motifs is 1. The van der Waals surface area contributed by atoms with Gasteiger partial charge in [0.2, 0.25) is 0 Å². The minimum atomic E-state index is -0.890. The number of ether oxygens (including phenoxy) is 4. The number of Topliss-reactive ketones (excluding diaryl/α,β-unsaturated/α-hetero) is 1. The molecule has 10 nitrogen and oxygen atoms in total. The number of methoxy groups -OCH3 is 1. The Morgan fingerprint density at radius 3 is 2.53 bits per heavy atom. The summed E-state index contributed by atoms with van der Waals surface area (Å²) in [4.78, 5) is 30.4. The lowest BCUT2D eigenvalue weighted by molar-refractivity contribution is -0.140. The molecule has 3 aliphatic rings. The third-order valence-corrected chi connectivity index (χ3v) is 7.52. The number of aliphatic hydroxyl groups excluding tert-OH is 1. The van der Waals surface area contributed by atoms with Crippen LogP contribution in [0.2, 0.25) is 0 Å². The Labute approximate surface area is 228 Å². The molecule has 2 saturated heterocycles. The van der Waals surface area contributed by atoms with Gasteiger partial charge in [-0.25, -0.2) is 0 Å². The maximum absolute atomic E-state index is 13.4. The fourth-order valence-electron chi connectivity index (χ4n) is 5.00. The lowest BCUT2D eigenvalue weighted by Gasteiger charge is -2.29. The van der Waals surface area contributed by atoms with Gasteiger partial charge in [-0.05, 0) is 58.2 Å². The van der Waals surface area contributed by atoms with Gasteiger partial charge < -0.3 is 34.1 Å². The maximum Gasteiger partial charge on any atom is 0.295 e. The molecule has 0 radical (unpaired) electrons. The van der Waals surface area contributed by atoms with E-state index in [0.717, 1.165) is 19.6 Å². The van der Waals surface area contributed by atoms with Crippen LogP contribution in [-0.4, -0.2) is 91.4 Å². The van der Waals surface area contributed by atoms with Crippen molar-refractivity contribution >= 4 is 33.4 Å². The lowest BCUT2D eigenvalue weighted by Crippen LogP contribution is -2.39. The summed E-state index contributed by atoms with van der Waals surface area (Å²) in [7, 11) is 1.42. The number of aliphatic hydroxyl groups is 1. The van der Waals surface area contributed by atoms with E-state index < -0.39 is 17.7 Å². The number of phenolic OH excluding ortho intramolecular Hbond substituents is 1. The van der Waals surface area contributed by atoms with E-state index in [2.05, 4.69) is 20.8 Å². The second-order valence-electron chi connectivity index (χ2n) is 9.21. The Kier molecular flexibility index (Phi) is 7.78. The first kappa shape index (κ1) is 26.3. The largest absolute Gasteiger partial charge is 0.507 e. The third kappa shape index (κ3) is 5.05. The van der Waals surface area contributed by atoms with Crippen LogP contribution in [-0.2, 0) is 14.3 Å². The molecule has 3 aliphatic heterocycles. The van der Waals surface area contributed by atoms with Gasteiger partial charge in [0.25, 0.3) is 11.7 Å². The van der Waals surface area contributed by atoms with Crippen LogP contribution in [0.25, 0.3) is 5.76 Å². The molecule has 38 heavy (non-hydrogen) atoms. The molecule has 2 N–H and O–H groups in total. The SMILES string of the molecule is COc1cc([C@@H]2C(=C(O)c3ccc4c(c3)OCCO4)C(=O)C(=O)N2CCCN2CCOCC2)cc(Br)c1O. The molecule has 0 saturated carbocycles. The zero-order valence-corrected chi connectivity index (χ0v) is 22.5. The molecule has 0 bridgehead atoms. The number of carbonyl (C=O) groups excluding carboxylic acids is 2. The van der Waals surface area contributed by atoms with Crippen LogP contribution in [0.4, 0.5) is 0 Å². The van der Waals surface area contributed by atoms with Crippen molar-refractivity contribution in [3.05, 3.63) is 51.5 Å². The van der Waals surface area contributed by atoms with E-state index in [1.54, 1.807) is 30.3 Å².